The number of rotatable bonds is 5. The Labute approximate surface area is 128 Å². The smallest absolute Gasteiger partial charge is 0.339 e. The van der Waals surface area contributed by atoms with Gasteiger partial charge in [-0.2, -0.15) is 0 Å². The molecule has 0 atom stereocenters. The predicted octanol–water partition coefficient (Wildman–Crippen LogP) is 2.56. The molecule has 0 unspecified atom stereocenters. The number of carbonyl (C=O) groups excluding carboxylic acids is 1. The molecule has 0 aliphatic rings. The number of anilines is 1. The summed E-state index contributed by atoms with van der Waals surface area (Å²) in [4.78, 5) is 26.6. The summed E-state index contributed by atoms with van der Waals surface area (Å²) < 4.78 is 5.94. The third kappa shape index (κ3) is 4.03. The van der Waals surface area contributed by atoms with Gasteiger partial charge in [0.2, 0.25) is 0 Å². The van der Waals surface area contributed by atoms with E-state index in [0.717, 1.165) is 4.47 Å². The highest BCUT2D eigenvalue weighted by molar-refractivity contribution is 9.10. The normalized spacial score (nSPS) is 9.95. The van der Waals surface area contributed by atoms with Gasteiger partial charge >= 0.3 is 5.97 Å². The zero-order valence-electron chi connectivity index (χ0n) is 10.7. The van der Waals surface area contributed by atoms with Crippen molar-refractivity contribution in [1.82, 2.24) is 4.98 Å². The molecule has 0 spiro atoms. The standard InChI is InChI=1S/C14H11BrN2O4/c15-10-3-1-2-4-11(10)17-13(18)8-21-12-7-16-6-5-9(12)14(19)20/h1-7H,8H2,(H,17,18)(H,19,20). The monoisotopic (exact) mass is 350 g/mol. The number of hydrogen-bond donors (Lipinski definition) is 2. The average molecular weight is 351 g/mol. The van der Waals surface area contributed by atoms with Crippen LogP contribution in [0, 0.1) is 0 Å². The van der Waals surface area contributed by atoms with Gasteiger partial charge < -0.3 is 15.2 Å². The SMILES string of the molecule is O=C(COc1cnccc1C(=O)O)Nc1ccccc1Br. The Morgan fingerprint density at radius 2 is 2.05 bits per heavy atom. The maximum Gasteiger partial charge on any atom is 0.339 e. The molecule has 1 aromatic carbocycles. The number of halogens is 1. The van der Waals surface area contributed by atoms with E-state index < -0.39 is 11.9 Å². The summed E-state index contributed by atoms with van der Waals surface area (Å²) in [6.45, 7) is -0.312. The van der Waals surface area contributed by atoms with Crippen LogP contribution in [-0.2, 0) is 4.79 Å². The third-order valence-electron chi connectivity index (χ3n) is 2.52. The van der Waals surface area contributed by atoms with Gasteiger partial charge in [0.25, 0.3) is 5.91 Å². The lowest BCUT2D eigenvalue weighted by molar-refractivity contribution is -0.118. The first-order chi connectivity index (χ1) is 10.1. The predicted molar refractivity (Wildman–Crippen MR) is 79.5 cm³/mol. The van der Waals surface area contributed by atoms with Gasteiger partial charge in [-0.25, -0.2) is 4.79 Å². The zero-order chi connectivity index (χ0) is 15.2. The molecular formula is C14H11BrN2O4. The fourth-order valence-electron chi connectivity index (χ4n) is 1.56. The number of nitrogens with zero attached hydrogens (tertiary/aromatic N) is 1. The van der Waals surface area contributed by atoms with Crippen LogP contribution in [0.1, 0.15) is 10.4 Å². The number of carbonyl (C=O) groups is 2. The molecule has 2 rings (SSSR count). The molecule has 1 aromatic heterocycles. The number of aromatic carboxylic acids is 1. The molecule has 0 saturated heterocycles. The van der Waals surface area contributed by atoms with E-state index in [2.05, 4.69) is 26.2 Å². The molecule has 0 radical (unpaired) electrons. The first kappa shape index (κ1) is 15.0. The van der Waals surface area contributed by atoms with E-state index >= 15 is 0 Å². The number of carboxylic acid groups (broad SMARTS) is 1. The van der Waals surface area contributed by atoms with Gasteiger partial charge in [-0.3, -0.25) is 9.78 Å². The molecule has 2 N–H and O–H groups in total. The van der Waals surface area contributed by atoms with Crippen LogP contribution in [0.25, 0.3) is 0 Å². The van der Waals surface area contributed by atoms with Crippen molar-refractivity contribution >= 4 is 33.5 Å². The van der Waals surface area contributed by atoms with Crippen LogP contribution in [0.2, 0.25) is 0 Å². The molecule has 0 fully saturated rings. The van der Waals surface area contributed by atoms with Crippen molar-refractivity contribution in [1.29, 1.82) is 0 Å². The second-order valence-corrected chi connectivity index (χ2v) is 4.85. The van der Waals surface area contributed by atoms with Crippen LogP contribution in [0.5, 0.6) is 5.75 Å². The number of amides is 1. The summed E-state index contributed by atoms with van der Waals surface area (Å²) in [6.07, 6.45) is 2.60. The van der Waals surface area contributed by atoms with E-state index in [4.69, 9.17) is 9.84 Å². The zero-order valence-corrected chi connectivity index (χ0v) is 12.3. The van der Waals surface area contributed by atoms with E-state index in [9.17, 15) is 9.59 Å². The van der Waals surface area contributed by atoms with Crippen LogP contribution < -0.4 is 10.1 Å². The minimum absolute atomic E-state index is 0.0429. The molecule has 1 heterocycles. The highest BCUT2D eigenvalue weighted by Crippen LogP contribution is 2.21. The van der Waals surface area contributed by atoms with Crippen molar-refractivity contribution in [3.8, 4) is 5.75 Å². The highest BCUT2D eigenvalue weighted by Gasteiger charge is 2.12. The number of para-hydroxylation sites is 1. The molecule has 0 saturated carbocycles. The van der Waals surface area contributed by atoms with Gasteiger partial charge in [0.05, 0.1) is 11.9 Å². The number of ether oxygens (including phenoxy) is 1. The lowest BCUT2D eigenvalue weighted by Gasteiger charge is -2.09. The van der Waals surface area contributed by atoms with Gasteiger partial charge in [0.15, 0.2) is 12.4 Å². The van der Waals surface area contributed by atoms with Gasteiger partial charge in [-0.15, -0.1) is 0 Å². The molecule has 6 nitrogen and oxygen atoms in total. The Hall–Kier alpha value is -2.41. The van der Waals surface area contributed by atoms with E-state index in [-0.39, 0.29) is 17.9 Å². The fraction of sp³-hybridized carbons (Fsp3) is 0.0714. The molecule has 108 valence electrons. The number of benzene rings is 1. The summed E-state index contributed by atoms with van der Waals surface area (Å²) in [5.74, 6) is -1.49. The van der Waals surface area contributed by atoms with E-state index in [1.165, 1.54) is 18.5 Å². The first-order valence-corrected chi connectivity index (χ1v) is 6.71. The summed E-state index contributed by atoms with van der Waals surface area (Å²) in [5, 5.41) is 11.6. The molecule has 2 aromatic rings. The fourth-order valence-corrected chi connectivity index (χ4v) is 1.95. The lowest BCUT2D eigenvalue weighted by atomic mass is 10.2. The first-order valence-electron chi connectivity index (χ1n) is 5.92. The number of nitrogens with one attached hydrogen (secondary N) is 1. The maximum atomic E-state index is 11.8. The summed E-state index contributed by atoms with van der Waals surface area (Å²) in [7, 11) is 0. The van der Waals surface area contributed by atoms with E-state index in [0.29, 0.717) is 5.69 Å². The van der Waals surface area contributed by atoms with Crippen LogP contribution in [-0.4, -0.2) is 28.6 Å². The number of aromatic nitrogens is 1. The Morgan fingerprint density at radius 1 is 1.29 bits per heavy atom. The molecule has 0 aliphatic carbocycles. The molecule has 0 aliphatic heterocycles. The van der Waals surface area contributed by atoms with Crippen molar-refractivity contribution < 1.29 is 19.4 Å². The van der Waals surface area contributed by atoms with E-state index in [1.54, 1.807) is 18.2 Å². The Morgan fingerprint density at radius 3 is 2.76 bits per heavy atom. The Bertz CT molecular complexity index is 676. The van der Waals surface area contributed by atoms with Crippen molar-refractivity contribution in [2.24, 2.45) is 0 Å². The summed E-state index contributed by atoms with van der Waals surface area (Å²) in [6, 6.07) is 8.44. The van der Waals surface area contributed by atoms with Gasteiger partial charge in [-0.05, 0) is 34.1 Å². The lowest BCUT2D eigenvalue weighted by Crippen LogP contribution is -2.21. The second kappa shape index (κ2) is 6.85. The van der Waals surface area contributed by atoms with Crippen LogP contribution in [0.4, 0.5) is 5.69 Å². The van der Waals surface area contributed by atoms with Crippen LogP contribution in [0.3, 0.4) is 0 Å². The summed E-state index contributed by atoms with van der Waals surface area (Å²) in [5.41, 5.74) is 0.564. The van der Waals surface area contributed by atoms with Crippen molar-refractivity contribution in [2.75, 3.05) is 11.9 Å². The Kier molecular flexibility index (Phi) is 4.89. The number of pyridine rings is 1. The van der Waals surface area contributed by atoms with Crippen molar-refractivity contribution in [3.05, 3.63) is 52.8 Å². The van der Waals surface area contributed by atoms with Crippen LogP contribution >= 0.6 is 15.9 Å². The second-order valence-electron chi connectivity index (χ2n) is 3.99. The van der Waals surface area contributed by atoms with E-state index in [1.807, 2.05) is 6.07 Å². The molecule has 21 heavy (non-hydrogen) atoms. The topological polar surface area (TPSA) is 88.5 Å². The minimum Gasteiger partial charge on any atom is -0.481 e. The molecular weight excluding hydrogens is 340 g/mol. The van der Waals surface area contributed by atoms with Crippen LogP contribution in [0.15, 0.2) is 47.2 Å². The molecule has 7 heteroatoms. The Balaban J connectivity index is 1.99. The van der Waals surface area contributed by atoms with Gasteiger partial charge in [0.1, 0.15) is 5.56 Å². The van der Waals surface area contributed by atoms with Crippen molar-refractivity contribution in [2.45, 2.75) is 0 Å². The third-order valence-corrected chi connectivity index (χ3v) is 3.21. The summed E-state index contributed by atoms with van der Waals surface area (Å²) >= 11 is 3.31. The largest absolute Gasteiger partial charge is 0.481 e. The van der Waals surface area contributed by atoms with Gasteiger partial charge in [0, 0.05) is 10.7 Å². The molecule has 0 bridgehead atoms. The van der Waals surface area contributed by atoms with Gasteiger partial charge in [-0.1, -0.05) is 12.1 Å². The quantitative estimate of drug-likeness (QED) is 0.864. The van der Waals surface area contributed by atoms with Crippen molar-refractivity contribution in [3.63, 3.8) is 0 Å². The minimum atomic E-state index is -1.14. The number of carboxylic acids is 1. The highest BCUT2D eigenvalue weighted by atomic mass is 79.9. The molecule has 1 amide bonds. The average Bonchev–Trinajstić information content (AvgIpc) is 2.48. The maximum absolute atomic E-state index is 11.8. The number of hydrogen-bond acceptors (Lipinski definition) is 4.